The Kier molecular flexibility index (Phi) is 12.7. The maximum absolute atomic E-state index is 11.4. The molecule has 4 heteroatoms. The van der Waals surface area contributed by atoms with Crippen LogP contribution in [0.5, 0.6) is 0 Å². The number of carbonyl (C=O) groups excluding carboxylic acids is 1. The fourth-order valence-electron chi connectivity index (χ4n) is 1.28. The minimum Gasteiger partial charge on any atom is -0.465 e. The Morgan fingerprint density at radius 2 is 1.88 bits per heavy atom. The van der Waals surface area contributed by atoms with Gasteiger partial charge in [0, 0.05) is 0 Å². The van der Waals surface area contributed by atoms with Crippen molar-refractivity contribution in [2.75, 3.05) is 6.61 Å². The van der Waals surface area contributed by atoms with Gasteiger partial charge in [-0.05, 0) is 12.3 Å². The number of halogens is 1. The Labute approximate surface area is 106 Å². The van der Waals surface area contributed by atoms with E-state index in [1.165, 1.54) is 12.8 Å². The van der Waals surface area contributed by atoms with Crippen molar-refractivity contribution >= 4 is 18.4 Å². The van der Waals surface area contributed by atoms with Crippen LogP contribution < -0.4 is 5.73 Å². The van der Waals surface area contributed by atoms with Gasteiger partial charge in [0.25, 0.3) is 0 Å². The van der Waals surface area contributed by atoms with Crippen molar-refractivity contribution in [2.24, 2.45) is 11.7 Å². The summed E-state index contributed by atoms with van der Waals surface area (Å²) in [5.41, 5.74) is 5.74. The van der Waals surface area contributed by atoms with Crippen LogP contribution in [-0.4, -0.2) is 18.6 Å². The second kappa shape index (κ2) is 11.2. The number of hydrogen-bond donors (Lipinski definition) is 1. The zero-order chi connectivity index (χ0) is 11.7. The second-order valence-electron chi connectivity index (χ2n) is 4.14. The van der Waals surface area contributed by atoms with Crippen molar-refractivity contribution in [1.82, 2.24) is 0 Å². The van der Waals surface area contributed by atoms with Crippen molar-refractivity contribution in [1.29, 1.82) is 0 Å². The Hall–Kier alpha value is -0.280. The predicted octanol–water partition coefficient (Wildman–Crippen LogP) is 2.91. The Morgan fingerprint density at radius 1 is 1.25 bits per heavy atom. The molecule has 0 fully saturated rings. The highest BCUT2D eigenvalue weighted by Gasteiger charge is 2.20. The summed E-state index contributed by atoms with van der Waals surface area (Å²) in [7, 11) is 0. The van der Waals surface area contributed by atoms with Gasteiger partial charge in [0.1, 0.15) is 6.04 Å². The minimum absolute atomic E-state index is 0. The largest absolute Gasteiger partial charge is 0.465 e. The molecule has 3 nitrogen and oxygen atoms in total. The molecule has 16 heavy (non-hydrogen) atoms. The fourth-order valence-corrected chi connectivity index (χ4v) is 1.28. The molecule has 0 heterocycles. The third-order valence-electron chi connectivity index (χ3n) is 2.77. The lowest BCUT2D eigenvalue weighted by molar-refractivity contribution is -0.146. The highest BCUT2D eigenvalue weighted by Crippen LogP contribution is 2.07. The van der Waals surface area contributed by atoms with E-state index in [2.05, 4.69) is 6.92 Å². The number of unbranched alkanes of at least 4 members (excludes halogenated alkanes) is 3. The Bertz CT molecular complexity index is 176. The van der Waals surface area contributed by atoms with Gasteiger partial charge in [-0.15, -0.1) is 12.4 Å². The van der Waals surface area contributed by atoms with Crippen molar-refractivity contribution in [3.05, 3.63) is 0 Å². The Morgan fingerprint density at radius 3 is 2.38 bits per heavy atom. The highest BCUT2D eigenvalue weighted by molar-refractivity contribution is 5.85. The van der Waals surface area contributed by atoms with E-state index in [1.54, 1.807) is 0 Å². The van der Waals surface area contributed by atoms with Gasteiger partial charge in [0.2, 0.25) is 0 Å². The zero-order valence-corrected chi connectivity index (χ0v) is 11.5. The number of carbonyl (C=O) groups is 1. The number of rotatable bonds is 8. The first kappa shape index (κ1) is 18.1. The molecule has 0 aliphatic heterocycles. The quantitative estimate of drug-likeness (QED) is 0.533. The minimum atomic E-state index is -0.457. The van der Waals surface area contributed by atoms with Gasteiger partial charge in [0.05, 0.1) is 6.61 Å². The van der Waals surface area contributed by atoms with Gasteiger partial charge in [-0.2, -0.15) is 0 Å². The number of ether oxygens (including phenoxy) is 1. The van der Waals surface area contributed by atoms with Crippen molar-refractivity contribution in [3.63, 3.8) is 0 Å². The summed E-state index contributed by atoms with van der Waals surface area (Å²) in [6, 6.07) is -0.457. The molecule has 0 aliphatic rings. The lowest BCUT2D eigenvalue weighted by Crippen LogP contribution is -2.38. The number of hydrogen-bond acceptors (Lipinski definition) is 3. The molecule has 2 atom stereocenters. The van der Waals surface area contributed by atoms with E-state index in [0.717, 1.165) is 19.3 Å². The normalized spacial score (nSPS) is 13.8. The van der Waals surface area contributed by atoms with Crippen LogP contribution in [0.2, 0.25) is 0 Å². The Balaban J connectivity index is 0. The molecule has 0 bridgehead atoms. The second-order valence-corrected chi connectivity index (χ2v) is 4.14. The lowest BCUT2D eigenvalue weighted by Gasteiger charge is -2.16. The van der Waals surface area contributed by atoms with Crippen molar-refractivity contribution < 1.29 is 9.53 Å². The van der Waals surface area contributed by atoms with Gasteiger partial charge in [0.15, 0.2) is 0 Å². The van der Waals surface area contributed by atoms with E-state index in [1.807, 2.05) is 13.8 Å². The summed E-state index contributed by atoms with van der Waals surface area (Å²) in [5, 5.41) is 0. The number of nitrogens with two attached hydrogens (primary N) is 1. The van der Waals surface area contributed by atoms with E-state index >= 15 is 0 Å². The highest BCUT2D eigenvalue weighted by atomic mass is 35.5. The number of esters is 1. The van der Waals surface area contributed by atoms with Crippen molar-refractivity contribution in [3.8, 4) is 0 Å². The molecule has 2 N–H and O–H groups in total. The standard InChI is InChI=1S/C12H25NO2.ClH/c1-4-6-7-8-9-15-12(14)11(13)10(3)5-2;/h10-11H,4-9,13H2,1-3H3;1H. The van der Waals surface area contributed by atoms with E-state index < -0.39 is 6.04 Å². The molecule has 0 saturated heterocycles. The topological polar surface area (TPSA) is 52.3 Å². The van der Waals surface area contributed by atoms with E-state index in [0.29, 0.717) is 6.61 Å². The first-order chi connectivity index (χ1) is 7.13. The maximum Gasteiger partial charge on any atom is 0.323 e. The maximum atomic E-state index is 11.4. The fraction of sp³-hybridized carbons (Fsp3) is 0.917. The smallest absolute Gasteiger partial charge is 0.323 e. The van der Waals surface area contributed by atoms with Gasteiger partial charge < -0.3 is 10.5 Å². The van der Waals surface area contributed by atoms with Crippen LogP contribution >= 0.6 is 12.4 Å². The average Bonchev–Trinajstić information content (AvgIpc) is 2.26. The molecule has 2 unspecified atom stereocenters. The first-order valence-electron chi connectivity index (χ1n) is 6.05. The summed E-state index contributed by atoms with van der Waals surface area (Å²) < 4.78 is 5.11. The van der Waals surface area contributed by atoms with Crippen LogP contribution in [0.25, 0.3) is 0 Å². The molecule has 0 saturated carbocycles. The monoisotopic (exact) mass is 251 g/mol. The van der Waals surface area contributed by atoms with Crippen LogP contribution in [0.4, 0.5) is 0 Å². The average molecular weight is 252 g/mol. The van der Waals surface area contributed by atoms with Gasteiger partial charge in [-0.1, -0.05) is 46.5 Å². The first-order valence-corrected chi connectivity index (χ1v) is 6.05. The van der Waals surface area contributed by atoms with Crippen LogP contribution in [0.3, 0.4) is 0 Å². The summed E-state index contributed by atoms with van der Waals surface area (Å²) in [6.07, 6.45) is 5.39. The van der Waals surface area contributed by atoms with Crippen LogP contribution in [0, 0.1) is 5.92 Å². The third kappa shape index (κ3) is 7.94. The zero-order valence-electron chi connectivity index (χ0n) is 10.7. The summed E-state index contributed by atoms with van der Waals surface area (Å²) >= 11 is 0. The van der Waals surface area contributed by atoms with Gasteiger partial charge in [-0.25, -0.2) is 0 Å². The molecule has 0 rings (SSSR count). The molecular weight excluding hydrogens is 226 g/mol. The van der Waals surface area contributed by atoms with Crippen LogP contribution in [0.15, 0.2) is 0 Å². The summed E-state index contributed by atoms with van der Waals surface area (Å²) in [6.45, 7) is 6.68. The third-order valence-corrected chi connectivity index (χ3v) is 2.77. The molecule has 0 aromatic carbocycles. The SMILES string of the molecule is CCCCCCOC(=O)C(N)C(C)CC.Cl. The van der Waals surface area contributed by atoms with Gasteiger partial charge in [-0.3, -0.25) is 4.79 Å². The van der Waals surface area contributed by atoms with E-state index in [9.17, 15) is 4.79 Å². The summed E-state index contributed by atoms with van der Waals surface area (Å²) in [4.78, 5) is 11.4. The molecule has 0 amide bonds. The van der Waals surface area contributed by atoms with E-state index in [4.69, 9.17) is 10.5 Å². The molecular formula is C12H26ClNO2. The van der Waals surface area contributed by atoms with Crippen LogP contribution in [-0.2, 0) is 9.53 Å². The molecule has 98 valence electrons. The van der Waals surface area contributed by atoms with Crippen molar-refractivity contribution in [2.45, 2.75) is 58.9 Å². The molecule has 0 spiro atoms. The molecule has 0 aromatic heterocycles. The van der Waals surface area contributed by atoms with E-state index in [-0.39, 0.29) is 24.3 Å². The van der Waals surface area contributed by atoms with Crippen LogP contribution in [0.1, 0.15) is 52.9 Å². The molecule has 0 radical (unpaired) electrons. The molecule has 0 aromatic rings. The van der Waals surface area contributed by atoms with Gasteiger partial charge >= 0.3 is 5.97 Å². The molecule has 0 aliphatic carbocycles. The summed E-state index contributed by atoms with van der Waals surface area (Å²) in [5.74, 6) is -0.0472. The predicted molar refractivity (Wildman–Crippen MR) is 69.8 cm³/mol. The lowest BCUT2D eigenvalue weighted by atomic mass is 10.0.